The SMILES string of the molecule is CCOc1ccc(/C=N/NC(=O)c2ccc(C)cc2)cc1OCC. The van der Waals surface area contributed by atoms with Crippen molar-refractivity contribution >= 4 is 12.1 Å². The van der Waals surface area contributed by atoms with Crippen LogP contribution >= 0.6 is 0 Å². The number of rotatable bonds is 7. The van der Waals surface area contributed by atoms with Crippen LogP contribution < -0.4 is 14.9 Å². The second-order valence-corrected chi connectivity index (χ2v) is 5.14. The maximum Gasteiger partial charge on any atom is 0.271 e. The third-order valence-corrected chi connectivity index (χ3v) is 3.26. The van der Waals surface area contributed by atoms with Crippen molar-refractivity contribution in [3.8, 4) is 11.5 Å². The van der Waals surface area contributed by atoms with Gasteiger partial charge in [0.05, 0.1) is 19.4 Å². The molecule has 0 radical (unpaired) electrons. The van der Waals surface area contributed by atoms with Gasteiger partial charge in [-0.2, -0.15) is 5.10 Å². The lowest BCUT2D eigenvalue weighted by molar-refractivity contribution is 0.0955. The van der Waals surface area contributed by atoms with E-state index in [9.17, 15) is 4.79 Å². The van der Waals surface area contributed by atoms with E-state index >= 15 is 0 Å². The van der Waals surface area contributed by atoms with Crippen LogP contribution in [-0.2, 0) is 0 Å². The second kappa shape index (κ2) is 8.72. The normalized spacial score (nSPS) is 10.6. The van der Waals surface area contributed by atoms with Crippen molar-refractivity contribution < 1.29 is 14.3 Å². The van der Waals surface area contributed by atoms with Gasteiger partial charge in [-0.1, -0.05) is 17.7 Å². The molecule has 1 amide bonds. The Morgan fingerprint density at radius 1 is 1.04 bits per heavy atom. The van der Waals surface area contributed by atoms with Crippen molar-refractivity contribution in [3.05, 3.63) is 59.2 Å². The standard InChI is InChI=1S/C19H22N2O3/c1-4-23-17-11-8-15(12-18(17)24-5-2)13-20-21-19(22)16-9-6-14(3)7-10-16/h6-13H,4-5H2,1-3H3,(H,21,22)/b20-13+. The van der Waals surface area contributed by atoms with E-state index in [0.29, 0.717) is 30.3 Å². The van der Waals surface area contributed by atoms with E-state index in [2.05, 4.69) is 10.5 Å². The van der Waals surface area contributed by atoms with Crippen LogP contribution in [0.2, 0.25) is 0 Å². The Morgan fingerprint density at radius 3 is 2.38 bits per heavy atom. The maximum absolute atomic E-state index is 12.0. The van der Waals surface area contributed by atoms with E-state index in [-0.39, 0.29) is 5.91 Å². The van der Waals surface area contributed by atoms with Crippen LogP contribution in [0, 0.1) is 6.92 Å². The average Bonchev–Trinajstić information content (AvgIpc) is 2.58. The van der Waals surface area contributed by atoms with Gasteiger partial charge in [-0.25, -0.2) is 5.43 Å². The Balaban J connectivity index is 2.04. The number of hydrogen-bond acceptors (Lipinski definition) is 4. The summed E-state index contributed by atoms with van der Waals surface area (Å²) in [5, 5.41) is 4.00. The first kappa shape index (κ1) is 17.5. The molecule has 0 atom stereocenters. The highest BCUT2D eigenvalue weighted by Gasteiger charge is 2.06. The molecule has 2 aromatic carbocycles. The van der Waals surface area contributed by atoms with E-state index in [0.717, 1.165) is 11.1 Å². The summed E-state index contributed by atoms with van der Waals surface area (Å²) in [4.78, 5) is 12.0. The van der Waals surface area contributed by atoms with E-state index in [1.54, 1.807) is 18.3 Å². The fraction of sp³-hybridized carbons (Fsp3) is 0.263. The fourth-order valence-corrected chi connectivity index (χ4v) is 2.08. The molecule has 0 aliphatic rings. The van der Waals surface area contributed by atoms with Crippen molar-refractivity contribution in [2.24, 2.45) is 5.10 Å². The summed E-state index contributed by atoms with van der Waals surface area (Å²) in [7, 11) is 0. The van der Waals surface area contributed by atoms with Gasteiger partial charge in [0.1, 0.15) is 0 Å². The Hall–Kier alpha value is -2.82. The molecule has 5 heteroatoms. The largest absolute Gasteiger partial charge is 0.490 e. The molecule has 0 spiro atoms. The number of carbonyl (C=O) groups is 1. The molecule has 1 N–H and O–H groups in total. The molecule has 0 unspecified atom stereocenters. The van der Waals surface area contributed by atoms with Gasteiger partial charge in [0.15, 0.2) is 11.5 Å². The third-order valence-electron chi connectivity index (χ3n) is 3.26. The topological polar surface area (TPSA) is 59.9 Å². The summed E-state index contributed by atoms with van der Waals surface area (Å²) in [5.41, 5.74) is 5.00. The van der Waals surface area contributed by atoms with Crippen molar-refractivity contribution in [1.29, 1.82) is 0 Å². The summed E-state index contributed by atoms with van der Waals surface area (Å²) >= 11 is 0. The van der Waals surface area contributed by atoms with Crippen LogP contribution in [0.1, 0.15) is 35.3 Å². The number of ether oxygens (including phenoxy) is 2. The van der Waals surface area contributed by atoms with Gasteiger partial charge in [-0.15, -0.1) is 0 Å². The van der Waals surface area contributed by atoms with Crippen molar-refractivity contribution in [1.82, 2.24) is 5.43 Å². The molecule has 0 aromatic heterocycles. The van der Waals surface area contributed by atoms with Gasteiger partial charge < -0.3 is 9.47 Å². The van der Waals surface area contributed by atoms with Gasteiger partial charge in [-0.05, 0) is 56.7 Å². The van der Waals surface area contributed by atoms with Gasteiger partial charge >= 0.3 is 0 Å². The minimum absolute atomic E-state index is 0.248. The molecule has 0 bridgehead atoms. The Labute approximate surface area is 142 Å². The molecular weight excluding hydrogens is 304 g/mol. The van der Waals surface area contributed by atoms with Crippen LogP contribution in [0.4, 0.5) is 0 Å². The molecule has 5 nitrogen and oxygen atoms in total. The summed E-state index contributed by atoms with van der Waals surface area (Å²) in [6, 6.07) is 12.8. The lowest BCUT2D eigenvalue weighted by Gasteiger charge is -2.11. The van der Waals surface area contributed by atoms with E-state index < -0.39 is 0 Å². The predicted molar refractivity (Wildman–Crippen MR) is 95.0 cm³/mol. The smallest absolute Gasteiger partial charge is 0.271 e. The molecule has 24 heavy (non-hydrogen) atoms. The zero-order valence-corrected chi connectivity index (χ0v) is 14.2. The van der Waals surface area contributed by atoms with E-state index in [1.165, 1.54) is 0 Å². The lowest BCUT2D eigenvalue weighted by atomic mass is 10.1. The quantitative estimate of drug-likeness (QED) is 0.625. The zero-order chi connectivity index (χ0) is 17.4. The van der Waals surface area contributed by atoms with Gasteiger partial charge in [0, 0.05) is 5.56 Å². The van der Waals surface area contributed by atoms with Crippen molar-refractivity contribution in [2.45, 2.75) is 20.8 Å². The second-order valence-electron chi connectivity index (χ2n) is 5.14. The number of aryl methyl sites for hydroxylation is 1. The van der Waals surface area contributed by atoms with E-state index in [1.807, 2.05) is 51.1 Å². The van der Waals surface area contributed by atoms with Crippen LogP contribution in [-0.4, -0.2) is 25.3 Å². The molecular formula is C19H22N2O3. The number of carbonyl (C=O) groups excluding carboxylic acids is 1. The molecule has 126 valence electrons. The van der Waals surface area contributed by atoms with Crippen molar-refractivity contribution in [3.63, 3.8) is 0 Å². The fourth-order valence-electron chi connectivity index (χ4n) is 2.08. The van der Waals surface area contributed by atoms with Gasteiger partial charge in [0.2, 0.25) is 0 Å². The molecule has 0 fully saturated rings. The third kappa shape index (κ3) is 4.84. The molecule has 0 saturated carbocycles. The minimum Gasteiger partial charge on any atom is -0.490 e. The number of benzene rings is 2. The first-order valence-corrected chi connectivity index (χ1v) is 7.93. The zero-order valence-electron chi connectivity index (χ0n) is 14.2. The summed E-state index contributed by atoms with van der Waals surface area (Å²) in [6.45, 7) is 6.93. The monoisotopic (exact) mass is 326 g/mol. The van der Waals surface area contributed by atoms with Gasteiger partial charge in [0.25, 0.3) is 5.91 Å². The van der Waals surface area contributed by atoms with Crippen molar-refractivity contribution in [2.75, 3.05) is 13.2 Å². The van der Waals surface area contributed by atoms with Crippen LogP contribution in [0.15, 0.2) is 47.6 Å². The van der Waals surface area contributed by atoms with Crippen LogP contribution in [0.3, 0.4) is 0 Å². The Morgan fingerprint density at radius 2 is 1.71 bits per heavy atom. The highest BCUT2D eigenvalue weighted by atomic mass is 16.5. The number of amides is 1. The first-order chi connectivity index (χ1) is 11.6. The molecule has 2 rings (SSSR count). The lowest BCUT2D eigenvalue weighted by Crippen LogP contribution is -2.17. The molecule has 0 heterocycles. The average molecular weight is 326 g/mol. The Bertz CT molecular complexity index is 709. The predicted octanol–water partition coefficient (Wildman–Crippen LogP) is 3.56. The molecule has 0 aliphatic carbocycles. The molecule has 0 aliphatic heterocycles. The van der Waals surface area contributed by atoms with Crippen LogP contribution in [0.5, 0.6) is 11.5 Å². The number of hydrazone groups is 1. The number of hydrogen-bond donors (Lipinski definition) is 1. The van der Waals surface area contributed by atoms with Gasteiger partial charge in [-0.3, -0.25) is 4.79 Å². The highest BCUT2D eigenvalue weighted by molar-refractivity contribution is 5.94. The molecule has 0 saturated heterocycles. The summed E-state index contributed by atoms with van der Waals surface area (Å²) in [5.74, 6) is 1.11. The minimum atomic E-state index is -0.248. The summed E-state index contributed by atoms with van der Waals surface area (Å²) < 4.78 is 11.1. The number of nitrogens with one attached hydrogen (secondary N) is 1. The van der Waals surface area contributed by atoms with Crippen LogP contribution in [0.25, 0.3) is 0 Å². The highest BCUT2D eigenvalue weighted by Crippen LogP contribution is 2.27. The number of nitrogens with zero attached hydrogens (tertiary/aromatic N) is 1. The molecule has 2 aromatic rings. The van der Waals surface area contributed by atoms with E-state index in [4.69, 9.17) is 9.47 Å². The Kier molecular flexibility index (Phi) is 6.37. The maximum atomic E-state index is 12.0. The first-order valence-electron chi connectivity index (χ1n) is 7.93. The summed E-state index contributed by atoms with van der Waals surface area (Å²) in [6.07, 6.45) is 1.57.